The Balaban J connectivity index is 1.94. The van der Waals surface area contributed by atoms with Crippen LogP contribution in [0.5, 0.6) is 0 Å². The highest BCUT2D eigenvalue weighted by atomic mass is 16.5. The fraction of sp³-hybridized carbons (Fsp3) is 0.562. The molecule has 1 aromatic carbocycles. The van der Waals surface area contributed by atoms with Crippen LogP contribution in [0.1, 0.15) is 28.8 Å². The van der Waals surface area contributed by atoms with E-state index in [0.29, 0.717) is 11.6 Å². The van der Waals surface area contributed by atoms with Crippen LogP contribution in [0.4, 0.5) is 0 Å². The molecule has 5 heteroatoms. The second kappa shape index (κ2) is 8.12. The molecule has 1 unspecified atom stereocenters. The molecule has 1 saturated heterocycles. The SMILES string of the molecule is COCCN(Cc1ccc(C(N)=O)cc1)CC1CCCN1. The van der Waals surface area contributed by atoms with Gasteiger partial charge in [-0.05, 0) is 37.1 Å². The summed E-state index contributed by atoms with van der Waals surface area (Å²) in [5.74, 6) is -0.382. The third kappa shape index (κ3) is 5.12. The monoisotopic (exact) mass is 291 g/mol. The maximum Gasteiger partial charge on any atom is 0.248 e. The molecule has 0 radical (unpaired) electrons. The van der Waals surface area contributed by atoms with Crippen LogP contribution < -0.4 is 11.1 Å². The van der Waals surface area contributed by atoms with Crippen molar-refractivity contribution in [3.05, 3.63) is 35.4 Å². The summed E-state index contributed by atoms with van der Waals surface area (Å²) in [4.78, 5) is 13.5. The minimum atomic E-state index is -0.382. The first-order valence-corrected chi connectivity index (χ1v) is 7.52. The summed E-state index contributed by atoms with van der Waals surface area (Å²) in [5.41, 5.74) is 7.01. The van der Waals surface area contributed by atoms with Gasteiger partial charge in [-0.15, -0.1) is 0 Å². The number of rotatable bonds is 8. The van der Waals surface area contributed by atoms with Gasteiger partial charge in [-0.1, -0.05) is 12.1 Å². The van der Waals surface area contributed by atoms with Crippen LogP contribution in [0, 0.1) is 0 Å². The van der Waals surface area contributed by atoms with E-state index in [-0.39, 0.29) is 5.91 Å². The maximum atomic E-state index is 11.1. The van der Waals surface area contributed by atoms with Crippen LogP contribution in [0.15, 0.2) is 24.3 Å². The van der Waals surface area contributed by atoms with Crippen LogP contribution in [-0.4, -0.2) is 50.2 Å². The van der Waals surface area contributed by atoms with Crippen molar-refractivity contribution >= 4 is 5.91 Å². The fourth-order valence-electron chi connectivity index (χ4n) is 2.71. The van der Waals surface area contributed by atoms with E-state index in [0.717, 1.165) is 32.8 Å². The van der Waals surface area contributed by atoms with Crippen molar-refractivity contribution in [3.8, 4) is 0 Å². The Morgan fingerprint density at radius 1 is 1.43 bits per heavy atom. The Morgan fingerprint density at radius 3 is 2.76 bits per heavy atom. The van der Waals surface area contributed by atoms with Crippen molar-refractivity contribution in [2.75, 3.05) is 33.4 Å². The third-order valence-corrected chi connectivity index (χ3v) is 3.90. The second-order valence-corrected chi connectivity index (χ2v) is 5.58. The Bertz CT molecular complexity index is 441. The number of benzene rings is 1. The van der Waals surface area contributed by atoms with Crippen LogP contribution in [0.3, 0.4) is 0 Å². The van der Waals surface area contributed by atoms with Gasteiger partial charge in [0.25, 0.3) is 0 Å². The average molecular weight is 291 g/mol. The van der Waals surface area contributed by atoms with E-state index in [2.05, 4.69) is 10.2 Å². The molecule has 0 spiro atoms. The van der Waals surface area contributed by atoms with Gasteiger partial charge in [0.2, 0.25) is 5.91 Å². The topological polar surface area (TPSA) is 67.6 Å². The number of nitrogens with two attached hydrogens (primary N) is 1. The summed E-state index contributed by atoms with van der Waals surface area (Å²) in [5, 5.41) is 3.53. The zero-order valence-corrected chi connectivity index (χ0v) is 12.7. The van der Waals surface area contributed by atoms with Crippen molar-refractivity contribution in [2.24, 2.45) is 5.73 Å². The van der Waals surface area contributed by atoms with E-state index in [1.165, 1.54) is 18.4 Å². The predicted octanol–water partition coefficient (Wildman–Crippen LogP) is 0.986. The molecule has 0 aliphatic carbocycles. The van der Waals surface area contributed by atoms with Gasteiger partial charge in [-0.2, -0.15) is 0 Å². The predicted molar refractivity (Wildman–Crippen MR) is 83.1 cm³/mol. The molecule has 21 heavy (non-hydrogen) atoms. The first-order chi connectivity index (χ1) is 10.2. The Labute approximate surface area is 126 Å². The lowest BCUT2D eigenvalue weighted by molar-refractivity contribution is 0.100. The van der Waals surface area contributed by atoms with Gasteiger partial charge in [0.15, 0.2) is 0 Å². The molecule has 116 valence electrons. The lowest BCUT2D eigenvalue weighted by Gasteiger charge is -2.25. The van der Waals surface area contributed by atoms with Gasteiger partial charge in [0, 0.05) is 38.3 Å². The first-order valence-electron chi connectivity index (χ1n) is 7.52. The summed E-state index contributed by atoms with van der Waals surface area (Å²) >= 11 is 0. The van der Waals surface area contributed by atoms with E-state index in [1.807, 2.05) is 12.1 Å². The van der Waals surface area contributed by atoms with Crippen molar-refractivity contribution < 1.29 is 9.53 Å². The van der Waals surface area contributed by atoms with E-state index in [4.69, 9.17) is 10.5 Å². The number of nitrogens with zero attached hydrogens (tertiary/aromatic N) is 1. The molecule has 1 aliphatic rings. The van der Waals surface area contributed by atoms with Crippen LogP contribution in [-0.2, 0) is 11.3 Å². The molecule has 0 bridgehead atoms. The molecule has 1 fully saturated rings. The van der Waals surface area contributed by atoms with Gasteiger partial charge in [0.05, 0.1) is 6.61 Å². The molecule has 2 rings (SSSR count). The number of carbonyl (C=O) groups excluding carboxylic acids is 1. The summed E-state index contributed by atoms with van der Waals surface area (Å²) in [7, 11) is 1.73. The van der Waals surface area contributed by atoms with Gasteiger partial charge < -0.3 is 15.8 Å². The van der Waals surface area contributed by atoms with Gasteiger partial charge >= 0.3 is 0 Å². The Hall–Kier alpha value is -1.43. The number of amides is 1. The van der Waals surface area contributed by atoms with Crippen molar-refractivity contribution in [2.45, 2.75) is 25.4 Å². The normalized spacial score (nSPS) is 18.3. The highest BCUT2D eigenvalue weighted by molar-refractivity contribution is 5.92. The molecule has 1 amide bonds. The Morgan fingerprint density at radius 2 is 2.19 bits per heavy atom. The van der Waals surface area contributed by atoms with E-state index in [1.54, 1.807) is 19.2 Å². The molecule has 1 aromatic rings. The van der Waals surface area contributed by atoms with Gasteiger partial charge in [-0.25, -0.2) is 0 Å². The quantitative estimate of drug-likeness (QED) is 0.749. The van der Waals surface area contributed by atoms with Crippen LogP contribution in [0.2, 0.25) is 0 Å². The summed E-state index contributed by atoms with van der Waals surface area (Å²) in [6.07, 6.45) is 2.50. The van der Waals surface area contributed by atoms with E-state index in [9.17, 15) is 4.79 Å². The van der Waals surface area contributed by atoms with Crippen LogP contribution in [0.25, 0.3) is 0 Å². The number of hydrogen-bond acceptors (Lipinski definition) is 4. The zero-order chi connectivity index (χ0) is 15.1. The minimum absolute atomic E-state index is 0.382. The van der Waals surface area contributed by atoms with Gasteiger partial charge in [0.1, 0.15) is 0 Å². The standard InChI is InChI=1S/C16H25N3O2/c1-21-10-9-19(12-15-3-2-8-18-15)11-13-4-6-14(7-5-13)16(17)20/h4-7,15,18H,2-3,8-12H2,1H3,(H2,17,20). The summed E-state index contributed by atoms with van der Waals surface area (Å²) < 4.78 is 5.20. The summed E-state index contributed by atoms with van der Waals surface area (Å²) in [6.45, 7) is 4.65. The number of carbonyl (C=O) groups is 1. The zero-order valence-electron chi connectivity index (χ0n) is 12.7. The lowest BCUT2D eigenvalue weighted by Crippen LogP contribution is -2.38. The Kier molecular flexibility index (Phi) is 6.17. The number of ether oxygens (including phenoxy) is 1. The largest absolute Gasteiger partial charge is 0.383 e. The highest BCUT2D eigenvalue weighted by Crippen LogP contribution is 2.11. The van der Waals surface area contributed by atoms with Crippen molar-refractivity contribution in [1.82, 2.24) is 10.2 Å². The molecular weight excluding hydrogens is 266 g/mol. The van der Waals surface area contributed by atoms with Crippen LogP contribution >= 0.6 is 0 Å². The summed E-state index contributed by atoms with van der Waals surface area (Å²) in [6, 6.07) is 8.11. The van der Waals surface area contributed by atoms with Crippen molar-refractivity contribution in [1.29, 1.82) is 0 Å². The third-order valence-electron chi connectivity index (χ3n) is 3.90. The first kappa shape index (κ1) is 15.9. The minimum Gasteiger partial charge on any atom is -0.383 e. The molecule has 0 aromatic heterocycles. The number of methoxy groups -OCH3 is 1. The second-order valence-electron chi connectivity index (χ2n) is 5.58. The highest BCUT2D eigenvalue weighted by Gasteiger charge is 2.18. The molecule has 5 nitrogen and oxygen atoms in total. The molecular formula is C16H25N3O2. The average Bonchev–Trinajstić information content (AvgIpc) is 2.98. The fourth-order valence-corrected chi connectivity index (χ4v) is 2.71. The number of hydrogen-bond donors (Lipinski definition) is 2. The molecule has 1 atom stereocenters. The molecule has 1 aliphatic heterocycles. The maximum absolute atomic E-state index is 11.1. The molecule has 1 heterocycles. The van der Waals surface area contributed by atoms with E-state index >= 15 is 0 Å². The molecule has 0 saturated carbocycles. The van der Waals surface area contributed by atoms with Crippen molar-refractivity contribution in [3.63, 3.8) is 0 Å². The number of nitrogens with one attached hydrogen (secondary N) is 1. The smallest absolute Gasteiger partial charge is 0.248 e. The molecule has 3 N–H and O–H groups in total. The van der Waals surface area contributed by atoms with Gasteiger partial charge in [-0.3, -0.25) is 9.69 Å². The number of primary amides is 1. The lowest BCUT2D eigenvalue weighted by atomic mass is 10.1. The van der Waals surface area contributed by atoms with E-state index < -0.39 is 0 Å².